The van der Waals surface area contributed by atoms with E-state index in [4.69, 9.17) is 5.26 Å². The van der Waals surface area contributed by atoms with Crippen LogP contribution in [0.15, 0.2) is 0 Å². The second kappa shape index (κ2) is 3.70. The standard InChI is InChI=1S/C11H17NO2/c1-10(2)3-5-11(8-12,6-4-10)9(14)7-13/h7,9,14H,3-6H2,1-2H3. The minimum atomic E-state index is -1.12. The molecule has 0 saturated heterocycles. The zero-order valence-electron chi connectivity index (χ0n) is 8.79. The Kier molecular flexibility index (Phi) is 2.96. The molecule has 1 N–H and O–H groups in total. The van der Waals surface area contributed by atoms with Crippen LogP contribution < -0.4 is 0 Å². The zero-order chi connectivity index (χ0) is 10.8. The number of aldehydes is 1. The van der Waals surface area contributed by atoms with E-state index in [9.17, 15) is 9.90 Å². The summed E-state index contributed by atoms with van der Waals surface area (Å²) in [4.78, 5) is 10.5. The molecule has 1 aliphatic carbocycles. The number of hydrogen-bond acceptors (Lipinski definition) is 3. The number of carbonyl (C=O) groups excluding carboxylic acids is 1. The Labute approximate surface area is 84.7 Å². The predicted octanol–water partition coefficient (Wildman–Crippen LogP) is 1.66. The maximum atomic E-state index is 10.5. The molecule has 14 heavy (non-hydrogen) atoms. The van der Waals surface area contributed by atoms with Gasteiger partial charge in [0.2, 0.25) is 0 Å². The average Bonchev–Trinajstić information content (AvgIpc) is 2.18. The summed E-state index contributed by atoms with van der Waals surface area (Å²) >= 11 is 0. The highest BCUT2D eigenvalue weighted by atomic mass is 16.3. The molecule has 1 saturated carbocycles. The molecule has 3 heteroatoms. The third-order valence-corrected chi connectivity index (χ3v) is 3.41. The van der Waals surface area contributed by atoms with Crippen molar-refractivity contribution >= 4 is 6.29 Å². The van der Waals surface area contributed by atoms with Crippen LogP contribution in [0.25, 0.3) is 0 Å². The molecule has 0 aromatic rings. The fourth-order valence-corrected chi connectivity index (χ4v) is 1.98. The monoisotopic (exact) mass is 195 g/mol. The van der Waals surface area contributed by atoms with Crippen LogP contribution in [-0.4, -0.2) is 17.5 Å². The lowest BCUT2D eigenvalue weighted by Gasteiger charge is -2.40. The lowest BCUT2D eigenvalue weighted by Crippen LogP contribution is -2.40. The SMILES string of the molecule is CC1(C)CCC(C#N)(C(O)C=O)CC1. The van der Waals surface area contributed by atoms with Crippen LogP contribution in [0.1, 0.15) is 39.5 Å². The van der Waals surface area contributed by atoms with Crippen molar-refractivity contribution in [1.82, 2.24) is 0 Å². The summed E-state index contributed by atoms with van der Waals surface area (Å²) in [5.41, 5.74) is -0.583. The van der Waals surface area contributed by atoms with Gasteiger partial charge in [-0.3, -0.25) is 0 Å². The normalized spacial score (nSPS) is 26.1. The second-order valence-electron chi connectivity index (χ2n) is 5.01. The van der Waals surface area contributed by atoms with Gasteiger partial charge in [0.15, 0.2) is 0 Å². The van der Waals surface area contributed by atoms with Crippen LogP contribution in [-0.2, 0) is 4.79 Å². The highest BCUT2D eigenvalue weighted by molar-refractivity contribution is 5.58. The summed E-state index contributed by atoms with van der Waals surface area (Å²) in [5, 5.41) is 18.6. The van der Waals surface area contributed by atoms with Gasteiger partial charge in [0.25, 0.3) is 0 Å². The van der Waals surface area contributed by atoms with Crippen LogP contribution in [0.5, 0.6) is 0 Å². The second-order valence-corrected chi connectivity index (χ2v) is 5.01. The van der Waals surface area contributed by atoms with E-state index in [-0.39, 0.29) is 5.41 Å². The number of hydrogen-bond donors (Lipinski definition) is 1. The van der Waals surface area contributed by atoms with E-state index in [0.29, 0.717) is 19.1 Å². The van der Waals surface area contributed by atoms with Gasteiger partial charge >= 0.3 is 0 Å². The fourth-order valence-electron chi connectivity index (χ4n) is 1.98. The Balaban J connectivity index is 2.77. The van der Waals surface area contributed by atoms with Gasteiger partial charge in [-0.05, 0) is 31.1 Å². The Morgan fingerprint density at radius 1 is 1.36 bits per heavy atom. The van der Waals surface area contributed by atoms with Crippen molar-refractivity contribution in [2.45, 2.75) is 45.6 Å². The first kappa shape index (κ1) is 11.2. The van der Waals surface area contributed by atoms with Crippen LogP contribution in [0, 0.1) is 22.2 Å². The van der Waals surface area contributed by atoms with Crippen molar-refractivity contribution < 1.29 is 9.90 Å². The fraction of sp³-hybridized carbons (Fsp3) is 0.818. The summed E-state index contributed by atoms with van der Waals surface area (Å²) in [5.74, 6) is 0. The first-order chi connectivity index (χ1) is 6.46. The van der Waals surface area contributed by atoms with Crippen LogP contribution >= 0.6 is 0 Å². The van der Waals surface area contributed by atoms with Crippen molar-refractivity contribution in [1.29, 1.82) is 5.26 Å². The molecular formula is C11H17NO2. The van der Waals surface area contributed by atoms with Crippen LogP contribution in [0.4, 0.5) is 0 Å². The van der Waals surface area contributed by atoms with Crippen molar-refractivity contribution in [3.05, 3.63) is 0 Å². The molecule has 0 aromatic carbocycles. The summed E-state index contributed by atoms with van der Waals surface area (Å²) in [6.07, 6.45) is 2.40. The molecule has 78 valence electrons. The smallest absolute Gasteiger partial charge is 0.150 e. The third kappa shape index (κ3) is 1.96. The topological polar surface area (TPSA) is 61.1 Å². The minimum absolute atomic E-state index is 0.239. The number of nitriles is 1. The van der Waals surface area contributed by atoms with Gasteiger partial charge in [0.05, 0.1) is 11.5 Å². The third-order valence-electron chi connectivity index (χ3n) is 3.41. The van der Waals surface area contributed by atoms with Gasteiger partial charge in [-0.15, -0.1) is 0 Å². The summed E-state index contributed by atoms with van der Waals surface area (Å²) in [7, 11) is 0. The lowest BCUT2D eigenvalue weighted by molar-refractivity contribution is -0.121. The molecule has 0 spiro atoms. The number of aliphatic hydroxyl groups excluding tert-OH is 1. The van der Waals surface area contributed by atoms with Crippen LogP contribution in [0.3, 0.4) is 0 Å². The molecule has 0 heterocycles. The van der Waals surface area contributed by atoms with E-state index < -0.39 is 11.5 Å². The van der Waals surface area contributed by atoms with E-state index in [2.05, 4.69) is 19.9 Å². The molecule has 0 aliphatic heterocycles. The number of nitrogens with zero attached hydrogens (tertiary/aromatic N) is 1. The van der Waals surface area contributed by atoms with Gasteiger partial charge in [-0.2, -0.15) is 5.26 Å². The van der Waals surface area contributed by atoms with Gasteiger partial charge in [-0.1, -0.05) is 13.8 Å². The number of aliphatic hydroxyl groups is 1. The minimum Gasteiger partial charge on any atom is -0.384 e. The molecule has 0 amide bonds. The molecule has 1 atom stereocenters. The van der Waals surface area contributed by atoms with E-state index in [1.54, 1.807) is 0 Å². The Bertz CT molecular complexity index is 255. The Morgan fingerprint density at radius 2 is 1.86 bits per heavy atom. The summed E-state index contributed by atoms with van der Waals surface area (Å²) in [6.45, 7) is 4.31. The molecule has 1 aliphatic rings. The molecule has 0 aromatic heterocycles. The molecule has 1 unspecified atom stereocenters. The van der Waals surface area contributed by atoms with Crippen molar-refractivity contribution in [3.63, 3.8) is 0 Å². The quantitative estimate of drug-likeness (QED) is 0.681. The maximum Gasteiger partial charge on any atom is 0.150 e. The van der Waals surface area contributed by atoms with Crippen molar-refractivity contribution in [3.8, 4) is 6.07 Å². The molecule has 0 bridgehead atoms. The van der Waals surface area contributed by atoms with E-state index >= 15 is 0 Å². The lowest BCUT2D eigenvalue weighted by atomic mass is 9.64. The van der Waals surface area contributed by atoms with Gasteiger partial charge in [0.1, 0.15) is 12.4 Å². The molecule has 3 nitrogen and oxygen atoms in total. The number of carbonyl (C=O) groups is 1. The summed E-state index contributed by atoms with van der Waals surface area (Å²) in [6, 6.07) is 2.12. The highest BCUT2D eigenvalue weighted by Gasteiger charge is 2.43. The van der Waals surface area contributed by atoms with Crippen molar-refractivity contribution in [2.24, 2.45) is 10.8 Å². The molecule has 1 rings (SSSR count). The van der Waals surface area contributed by atoms with Crippen LogP contribution in [0.2, 0.25) is 0 Å². The van der Waals surface area contributed by atoms with E-state index in [0.717, 1.165) is 12.8 Å². The molecule has 1 fully saturated rings. The van der Waals surface area contributed by atoms with Gasteiger partial charge < -0.3 is 9.90 Å². The first-order valence-corrected chi connectivity index (χ1v) is 5.00. The molecule has 0 radical (unpaired) electrons. The number of rotatable bonds is 2. The molecular weight excluding hydrogens is 178 g/mol. The van der Waals surface area contributed by atoms with E-state index in [1.165, 1.54) is 0 Å². The first-order valence-electron chi connectivity index (χ1n) is 5.00. The average molecular weight is 195 g/mol. The highest BCUT2D eigenvalue weighted by Crippen LogP contribution is 2.46. The maximum absolute atomic E-state index is 10.5. The predicted molar refractivity (Wildman–Crippen MR) is 52.4 cm³/mol. The zero-order valence-corrected chi connectivity index (χ0v) is 8.79. The summed E-state index contributed by atoms with van der Waals surface area (Å²) < 4.78 is 0. The van der Waals surface area contributed by atoms with Gasteiger partial charge in [0, 0.05) is 0 Å². The van der Waals surface area contributed by atoms with Gasteiger partial charge in [-0.25, -0.2) is 0 Å². The Hall–Kier alpha value is -0.880. The Morgan fingerprint density at radius 3 is 2.21 bits per heavy atom. The van der Waals surface area contributed by atoms with Crippen molar-refractivity contribution in [2.75, 3.05) is 0 Å². The largest absolute Gasteiger partial charge is 0.384 e. The van der Waals surface area contributed by atoms with E-state index in [1.807, 2.05) is 0 Å².